The lowest BCUT2D eigenvalue weighted by Crippen LogP contribution is -2.26. The Bertz CT molecular complexity index is 1230. The second-order valence-corrected chi connectivity index (χ2v) is 8.05. The first-order chi connectivity index (χ1) is 14.4. The molecule has 3 heterocycles. The minimum Gasteiger partial charge on any atom is -0.486 e. The Balaban J connectivity index is 1.87. The lowest BCUT2D eigenvalue weighted by atomic mass is 10.0. The number of hydrogen-bond acceptors (Lipinski definition) is 6. The van der Waals surface area contributed by atoms with Crippen LogP contribution in [0.1, 0.15) is 25.8 Å². The lowest BCUT2D eigenvalue weighted by molar-refractivity contribution is 0.296. The van der Waals surface area contributed by atoms with Crippen molar-refractivity contribution in [3.05, 3.63) is 51.5 Å². The number of rotatable bonds is 3. The molecule has 0 amide bonds. The molecule has 1 aliphatic rings. The van der Waals surface area contributed by atoms with Crippen molar-refractivity contribution in [3.63, 3.8) is 0 Å². The average molecular weight is 424 g/mol. The number of nitrogens with zero attached hydrogens (tertiary/aromatic N) is 3. The van der Waals surface area contributed by atoms with Crippen molar-refractivity contribution >= 4 is 39.6 Å². The lowest BCUT2D eigenvalue weighted by Gasteiger charge is -2.22. The molecule has 4 rings (SSSR count). The van der Waals surface area contributed by atoms with E-state index in [1.165, 1.54) is 0 Å². The normalized spacial score (nSPS) is 15.7. The summed E-state index contributed by atoms with van der Waals surface area (Å²) in [5.74, 6) is 0.729. The van der Waals surface area contributed by atoms with Gasteiger partial charge in [0.1, 0.15) is 16.8 Å². The Morgan fingerprint density at radius 3 is 2.93 bits per heavy atom. The average Bonchev–Trinajstić information content (AvgIpc) is 2.96. The van der Waals surface area contributed by atoms with E-state index < -0.39 is 0 Å². The molecule has 1 atom stereocenters. The van der Waals surface area contributed by atoms with E-state index >= 15 is 0 Å². The minimum absolute atomic E-state index is 0.148. The van der Waals surface area contributed by atoms with Crippen LogP contribution < -0.4 is 20.9 Å². The number of aromatic nitrogens is 2. The highest BCUT2D eigenvalue weighted by atomic mass is 35.5. The quantitative estimate of drug-likeness (QED) is 0.606. The topological polar surface area (TPSA) is 92.0 Å². The molecule has 0 aliphatic carbocycles. The summed E-state index contributed by atoms with van der Waals surface area (Å²) in [5, 5.41) is 17.2. The van der Waals surface area contributed by atoms with Gasteiger partial charge in [0.2, 0.25) is 5.75 Å². The van der Waals surface area contributed by atoms with E-state index in [1.807, 2.05) is 18.2 Å². The van der Waals surface area contributed by atoms with Crippen molar-refractivity contribution in [3.8, 4) is 11.8 Å². The van der Waals surface area contributed by atoms with Crippen molar-refractivity contribution < 1.29 is 4.74 Å². The van der Waals surface area contributed by atoms with Gasteiger partial charge in [0.05, 0.1) is 23.5 Å². The third-order valence-electron chi connectivity index (χ3n) is 5.46. The molecule has 3 aromatic rings. The maximum absolute atomic E-state index is 12.9. The summed E-state index contributed by atoms with van der Waals surface area (Å²) in [6, 6.07) is 9.67. The van der Waals surface area contributed by atoms with Crippen LogP contribution >= 0.6 is 11.6 Å². The Labute approximate surface area is 179 Å². The molecule has 0 saturated heterocycles. The van der Waals surface area contributed by atoms with Crippen LogP contribution in [0.2, 0.25) is 5.15 Å². The molecule has 30 heavy (non-hydrogen) atoms. The number of halogens is 1. The SMILES string of the molecule is CC(C)C1CCOc2c(c3cc(Nc4ccnc(Cl)c4C#N)ccc3n(C)c2=O)N1. The van der Waals surface area contributed by atoms with E-state index in [4.69, 9.17) is 16.3 Å². The van der Waals surface area contributed by atoms with Gasteiger partial charge in [0.25, 0.3) is 5.56 Å². The van der Waals surface area contributed by atoms with Gasteiger partial charge in [-0.15, -0.1) is 0 Å². The van der Waals surface area contributed by atoms with E-state index in [9.17, 15) is 10.1 Å². The van der Waals surface area contributed by atoms with Crippen LogP contribution in [0.4, 0.5) is 17.1 Å². The van der Waals surface area contributed by atoms with Crippen molar-refractivity contribution in [2.45, 2.75) is 26.3 Å². The molecule has 1 unspecified atom stereocenters. The fourth-order valence-corrected chi connectivity index (χ4v) is 3.92. The Kier molecular flexibility index (Phi) is 5.27. The number of ether oxygens (including phenoxy) is 1. The van der Waals surface area contributed by atoms with Crippen molar-refractivity contribution in [2.24, 2.45) is 13.0 Å². The van der Waals surface area contributed by atoms with E-state index in [-0.39, 0.29) is 22.3 Å². The number of aryl methyl sites for hydroxylation is 1. The van der Waals surface area contributed by atoms with Gasteiger partial charge in [0, 0.05) is 36.8 Å². The van der Waals surface area contributed by atoms with Gasteiger partial charge in [-0.05, 0) is 30.2 Å². The zero-order chi connectivity index (χ0) is 21.4. The number of benzene rings is 1. The molecule has 1 aromatic carbocycles. The van der Waals surface area contributed by atoms with Gasteiger partial charge >= 0.3 is 0 Å². The summed E-state index contributed by atoms with van der Waals surface area (Å²) in [4.78, 5) is 16.8. The Morgan fingerprint density at radius 2 is 2.20 bits per heavy atom. The smallest absolute Gasteiger partial charge is 0.295 e. The third-order valence-corrected chi connectivity index (χ3v) is 5.75. The van der Waals surface area contributed by atoms with E-state index in [0.29, 0.717) is 29.6 Å². The number of anilines is 3. The first kappa shape index (κ1) is 20.0. The predicted molar refractivity (Wildman–Crippen MR) is 119 cm³/mol. The first-order valence-electron chi connectivity index (χ1n) is 9.78. The monoisotopic (exact) mass is 423 g/mol. The van der Waals surface area contributed by atoms with Crippen LogP contribution in [0, 0.1) is 17.2 Å². The summed E-state index contributed by atoms with van der Waals surface area (Å²) in [7, 11) is 1.74. The van der Waals surface area contributed by atoms with Crippen molar-refractivity contribution in [1.82, 2.24) is 9.55 Å². The van der Waals surface area contributed by atoms with Crippen LogP contribution in [0.15, 0.2) is 35.3 Å². The maximum Gasteiger partial charge on any atom is 0.295 e. The standard InChI is InChI=1S/C22H22ClN5O2/c1-12(2)16-7-9-30-20-19(27-16)14-10-13(4-5-18(14)28(3)22(20)29)26-17-6-8-25-21(23)15(17)11-24/h4-6,8,10,12,16,27H,7,9H2,1-3H3,(H,25,26). The number of fused-ring (bicyclic) bond motifs is 3. The molecular weight excluding hydrogens is 402 g/mol. The Morgan fingerprint density at radius 1 is 1.40 bits per heavy atom. The van der Waals surface area contributed by atoms with Crippen LogP contribution in [-0.2, 0) is 7.05 Å². The molecule has 7 nitrogen and oxygen atoms in total. The van der Waals surface area contributed by atoms with Crippen LogP contribution in [0.5, 0.6) is 5.75 Å². The van der Waals surface area contributed by atoms with E-state index in [0.717, 1.165) is 23.0 Å². The summed E-state index contributed by atoms with van der Waals surface area (Å²) < 4.78 is 7.47. The highest BCUT2D eigenvalue weighted by Crippen LogP contribution is 2.36. The molecule has 2 N–H and O–H groups in total. The van der Waals surface area contributed by atoms with Crippen LogP contribution in [-0.4, -0.2) is 22.2 Å². The zero-order valence-electron chi connectivity index (χ0n) is 17.0. The third kappa shape index (κ3) is 3.44. The second-order valence-electron chi connectivity index (χ2n) is 7.69. The van der Waals surface area contributed by atoms with Crippen molar-refractivity contribution in [2.75, 3.05) is 17.2 Å². The van der Waals surface area contributed by atoms with Gasteiger partial charge in [-0.1, -0.05) is 25.4 Å². The molecule has 0 spiro atoms. The van der Waals surface area contributed by atoms with Gasteiger partial charge in [-0.25, -0.2) is 4.98 Å². The number of hydrogen-bond donors (Lipinski definition) is 2. The molecule has 0 bridgehead atoms. The fraction of sp³-hybridized carbons (Fsp3) is 0.318. The van der Waals surface area contributed by atoms with E-state index in [2.05, 4.69) is 35.5 Å². The van der Waals surface area contributed by atoms with Gasteiger partial charge in [-0.2, -0.15) is 5.26 Å². The van der Waals surface area contributed by atoms with Gasteiger partial charge < -0.3 is 19.9 Å². The highest BCUT2D eigenvalue weighted by Gasteiger charge is 2.25. The van der Waals surface area contributed by atoms with E-state index in [1.54, 1.807) is 23.9 Å². The fourth-order valence-electron chi connectivity index (χ4n) is 3.72. The van der Waals surface area contributed by atoms with Crippen LogP contribution in [0.25, 0.3) is 10.9 Å². The van der Waals surface area contributed by atoms with Crippen molar-refractivity contribution in [1.29, 1.82) is 5.26 Å². The molecule has 1 aliphatic heterocycles. The second kappa shape index (κ2) is 7.88. The number of pyridine rings is 2. The molecule has 154 valence electrons. The molecule has 0 fully saturated rings. The summed E-state index contributed by atoms with van der Waals surface area (Å²) in [5.41, 5.74) is 2.94. The zero-order valence-corrected chi connectivity index (χ0v) is 17.7. The largest absolute Gasteiger partial charge is 0.486 e. The highest BCUT2D eigenvalue weighted by molar-refractivity contribution is 6.31. The predicted octanol–water partition coefficient (Wildman–Crippen LogP) is 4.42. The molecule has 2 aromatic heterocycles. The number of nitrogens with one attached hydrogen (secondary N) is 2. The number of nitriles is 1. The molecule has 0 radical (unpaired) electrons. The molecular formula is C22H22ClN5O2. The molecule has 0 saturated carbocycles. The maximum atomic E-state index is 12.9. The summed E-state index contributed by atoms with van der Waals surface area (Å²) >= 11 is 6.05. The summed E-state index contributed by atoms with van der Waals surface area (Å²) in [6.07, 6.45) is 2.36. The molecule has 8 heteroatoms. The summed E-state index contributed by atoms with van der Waals surface area (Å²) in [6.45, 7) is 4.79. The van der Waals surface area contributed by atoms with Gasteiger partial charge in [0.15, 0.2) is 0 Å². The van der Waals surface area contributed by atoms with Gasteiger partial charge in [-0.3, -0.25) is 4.79 Å². The minimum atomic E-state index is -0.164. The first-order valence-corrected chi connectivity index (χ1v) is 10.2. The Hall–Kier alpha value is -3.24. The van der Waals surface area contributed by atoms with Crippen LogP contribution in [0.3, 0.4) is 0 Å².